The van der Waals surface area contributed by atoms with Crippen LogP contribution >= 0.6 is 11.6 Å². The predicted octanol–water partition coefficient (Wildman–Crippen LogP) is 3.28. The van der Waals surface area contributed by atoms with Crippen LogP contribution in [0.1, 0.15) is 0 Å². The Labute approximate surface area is 97.1 Å². The molecule has 0 amide bonds. The van der Waals surface area contributed by atoms with E-state index in [0.29, 0.717) is 5.02 Å². The number of H-pyrrole nitrogens is 1. The Balaban J connectivity index is 2.27. The van der Waals surface area contributed by atoms with Crippen LogP contribution in [0.5, 0.6) is 0 Å². The number of fused-ring (bicyclic) bond motifs is 1. The molecular formula is C12H8ClN3. The third-order valence-electron chi connectivity index (χ3n) is 2.45. The van der Waals surface area contributed by atoms with Gasteiger partial charge in [-0.15, -0.1) is 0 Å². The quantitative estimate of drug-likeness (QED) is 0.696. The highest BCUT2D eigenvalue weighted by Crippen LogP contribution is 2.29. The largest absolute Gasteiger partial charge is 0.345 e. The summed E-state index contributed by atoms with van der Waals surface area (Å²) in [5.41, 5.74) is 3.61. The molecule has 0 saturated carbocycles. The van der Waals surface area contributed by atoms with Crippen LogP contribution in [0.25, 0.3) is 22.3 Å². The van der Waals surface area contributed by atoms with Crippen LogP contribution in [-0.2, 0) is 0 Å². The van der Waals surface area contributed by atoms with Gasteiger partial charge in [-0.05, 0) is 24.3 Å². The molecule has 3 rings (SSSR count). The lowest BCUT2D eigenvalue weighted by Crippen LogP contribution is -1.84. The van der Waals surface area contributed by atoms with E-state index in [4.69, 9.17) is 11.6 Å². The Kier molecular flexibility index (Phi) is 2.11. The van der Waals surface area contributed by atoms with Crippen LogP contribution in [0.15, 0.2) is 42.9 Å². The highest BCUT2D eigenvalue weighted by molar-refractivity contribution is 6.34. The van der Waals surface area contributed by atoms with Crippen molar-refractivity contribution in [3.05, 3.63) is 47.9 Å². The minimum atomic E-state index is 0.665. The average Bonchev–Trinajstić information content (AvgIpc) is 2.76. The van der Waals surface area contributed by atoms with Gasteiger partial charge in [0.25, 0.3) is 0 Å². The molecule has 0 aliphatic heterocycles. The van der Waals surface area contributed by atoms with Gasteiger partial charge in [0.15, 0.2) is 0 Å². The van der Waals surface area contributed by atoms with Gasteiger partial charge in [-0.2, -0.15) is 0 Å². The maximum atomic E-state index is 6.20. The summed E-state index contributed by atoms with van der Waals surface area (Å²) in [6, 6.07) is 9.57. The Morgan fingerprint density at radius 3 is 2.88 bits per heavy atom. The molecule has 2 aromatic heterocycles. The van der Waals surface area contributed by atoms with Crippen LogP contribution in [0.3, 0.4) is 0 Å². The molecule has 3 nitrogen and oxygen atoms in total. The van der Waals surface area contributed by atoms with E-state index in [0.717, 1.165) is 22.3 Å². The molecule has 0 unspecified atom stereocenters. The lowest BCUT2D eigenvalue weighted by atomic mass is 10.1. The molecule has 0 fully saturated rings. The summed E-state index contributed by atoms with van der Waals surface area (Å²) in [6.07, 6.45) is 3.41. The van der Waals surface area contributed by atoms with Crippen molar-refractivity contribution in [2.24, 2.45) is 0 Å². The first-order chi connectivity index (χ1) is 7.84. The number of benzene rings is 1. The fourth-order valence-corrected chi connectivity index (χ4v) is 1.93. The monoisotopic (exact) mass is 229 g/mol. The maximum absolute atomic E-state index is 6.20. The van der Waals surface area contributed by atoms with Gasteiger partial charge in [-0.1, -0.05) is 17.7 Å². The van der Waals surface area contributed by atoms with E-state index in [1.54, 1.807) is 12.5 Å². The van der Waals surface area contributed by atoms with Crippen molar-refractivity contribution in [1.29, 1.82) is 0 Å². The summed E-state index contributed by atoms with van der Waals surface area (Å²) in [4.78, 5) is 11.5. The first kappa shape index (κ1) is 9.36. The zero-order valence-corrected chi connectivity index (χ0v) is 9.07. The first-order valence-electron chi connectivity index (χ1n) is 4.88. The van der Waals surface area contributed by atoms with Crippen LogP contribution in [0.2, 0.25) is 5.02 Å². The molecule has 0 saturated heterocycles. The average molecular weight is 230 g/mol. The zero-order chi connectivity index (χ0) is 11.0. The number of hydrogen-bond acceptors (Lipinski definition) is 2. The Morgan fingerprint density at radius 2 is 2.06 bits per heavy atom. The fraction of sp³-hybridized carbons (Fsp3) is 0. The Bertz CT molecular complexity index is 631. The van der Waals surface area contributed by atoms with Crippen molar-refractivity contribution in [2.75, 3.05) is 0 Å². The van der Waals surface area contributed by atoms with Crippen molar-refractivity contribution >= 4 is 22.6 Å². The van der Waals surface area contributed by atoms with Gasteiger partial charge in [-0.25, -0.2) is 4.98 Å². The number of imidazole rings is 1. The molecule has 0 aliphatic carbocycles. The second-order valence-electron chi connectivity index (χ2n) is 3.47. The number of aromatic amines is 1. The predicted molar refractivity (Wildman–Crippen MR) is 64.3 cm³/mol. The third kappa shape index (κ3) is 1.46. The van der Waals surface area contributed by atoms with Crippen LogP contribution in [0, 0.1) is 0 Å². The fourth-order valence-electron chi connectivity index (χ4n) is 1.67. The maximum Gasteiger partial charge on any atom is 0.0931 e. The van der Waals surface area contributed by atoms with Crippen molar-refractivity contribution in [2.45, 2.75) is 0 Å². The molecule has 0 atom stereocenters. The normalized spacial score (nSPS) is 10.8. The van der Waals surface area contributed by atoms with Gasteiger partial charge in [0.1, 0.15) is 0 Å². The van der Waals surface area contributed by atoms with Gasteiger partial charge < -0.3 is 4.98 Å². The second-order valence-corrected chi connectivity index (χ2v) is 3.87. The second kappa shape index (κ2) is 3.61. The molecular weight excluding hydrogens is 222 g/mol. The number of nitrogens with zero attached hydrogens (tertiary/aromatic N) is 2. The number of rotatable bonds is 1. The number of nitrogens with one attached hydrogen (secondary N) is 1. The zero-order valence-electron chi connectivity index (χ0n) is 8.31. The number of aromatic nitrogens is 3. The Morgan fingerprint density at radius 1 is 1.12 bits per heavy atom. The summed E-state index contributed by atoms with van der Waals surface area (Å²) < 4.78 is 0. The molecule has 1 N–H and O–H groups in total. The molecule has 0 bridgehead atoms. The Hall–Kier alpha value is -1.87. The third-order valence-corrected chi connectivity index (χ3v) is 2.76. The van der Waals surface area contributed by atoms with Crippen molar-refractivity contribution in [1.82, 2.24) is 15.0 Å². The summed E-state index contributed by atoms with van der Waals surface area (Å²) >= 11 is 6.20. The van der Waals surface area contributed by atoms with Gasteiger partial charge in [0.2, 0.25) is 0 Å². The highest BCUT2D eigenvalue weighted by atomic mass is 35.5. The molecule has 3 aromatic rings. The topological polar surface area (TPSA) is 41.6 Å². The number of hydrogen-bond donors (Lipinski definition) is 1. The summed E-state index contributed by atoms with van der Waals surface area (Å²) in [5.74, 6) is 0. The summed E-state index contributed by atoms with van der Waals surface area (Å²) in [5, 5.41) is 0.665. The molecule has 0 radical (unpaired) electrons. The van der Waals surface area contributed by atoms with Gasteiger partial charge in [0, 0.05) is 11.8 Å². The lowest BCUT2D eigenvalue weighted by Gasteiger charge is -2.03. The minimum Gasteiger partial charge on any atom is -0.345 e. The van der Waals surface area contributed by atoms with Crippen molar-refractivity contribution in [3.8, 4) is 11.3 Å². The van der Waals surface area contributed by atoms with Crippen molar-refractivity contribution < 1.29 is 0 Å². The van der Waals surface area contributed by atoms with E-state index in [1.807, 2.05) is 30.3 Å². The molecule has 0 spiro atoms. The van der Waals surface area contributed by atoms with Crippen LogP contribution in [0.4, 0.5) is 0 Å². The summed E-state index contributed by atoms with van der Waals surface area (Å²) in [7, 11) is 0. The van der Waals surface area contributed by atoms with E-state index >= 15 is 0 Å². The molecule has 78 valence electrons. The van der Waals surface area contributed by atoms with Gasteiger partial charge >= 0.3 is 0 Å². The van der Waals surface area contributed by atoms with Crippen LogP contribution in [-0.4, -0.2) is 15.0 Å². The standard InChI is InChI=1S/C12H8ClN3/c13-9-6-12-11(15-7-16-12)5-8(9)10-3-1-2-4-14-10/h1-7H,(H,15,16). The first-order valence-corrected chi connectivity index (χ1v) is 5.26. The smallest absolute Gasteiger partial charge is 0.0931 e. The van der Waals surface area contributed by atoms with E-state index in [-0.39, 0.29) is 0 Å². The van der Waals surface area contributed by atoms with E-state index < -0.39 is 0 Å². The lowest BCUT2D eigenvalue weighted by molar-refractivity contribution is 1.33. The summed E-state index contributed by atoms with van der Waals surface area (Å²) in [6.45, 7) is 0. The van der Waals surface area contributed by atoms with E-state index in [1.165, 1.54) is 0 Å². The van der Waals surface area contributed by atoms with E-state index in [9.17, 15) is 0 Å². The SMILES string of the molecule is Clc1cc2nc[nH]c2cc1-c1ccccn1. The highest BCUT2D eigenvalue weighted by Gasteiger charge is 2.07. The van der Waals surface area contributed by atoms with Crippen molar-refractivity contribution in [3.63, 3.8) is 0 Å². The molecule has 2 heterocycles. The molecule has 0 aliphatic rings. The van der Waals surface area contributed by atoms with E-state index in [2.05, 4.69) is 15.0 Å². The molecule has 1 aromatic carbocycles. The minimum absolute atomic E-state index is 0.665. The van der Waals surface area contributed by atoms with Gasteiger partial charge in [-0.3, -0.25) is 4.98 Å². The van der Waals surface area contributed by atoms with Crippen LogP contribution < -0.4 is 0 Å². The van der Waals surface area contributed by atoms with Gasteiger partial charge in [0.05, 0.1) is 28.1 Å². The molecule has 16 heavy (non-hydrogen) atoms. The number of pyridine rings is 1. The molecule has 4 heteroatoms. The number of halogens is 1.